The van der Waals surface area contributed by atoms with E-state index in [2.05, 4.69) is 11.9 Å². The third-order valence-electron chi connectivity index (χ3n) is 3.96. The number of halogens is 2. The van der Waals surface area contributed by atoms with Crippen molar-refractivity contribution in [2.75, 3.05) is 4.90 Å². The molecule has 7 heteroatoms. The molecule has 2 aromatic rings. The van der Waals surface area contributed by atoms with Gasteiger partial charge in [0.05, 0.1) is 12.1 Å². The van der Waals surface area contributed by atoms with Gasteiger partial charge in [0, 0.05) is 27.7 Å². The van der Waals surface area contributed by atoms with E-state index in [1.54, 1.807) is 42.5 Å². The molecule has 1 aliphatic heterocycles. The van der Waals surface area contributed by atoms with Crippen LogP contribution in [-0.4, -0.2) is 17.7 Å². The highest BCUT2D eigenvalue weighted by Gasteiger charge is 2.33. The summed E-state index contributed by atoms with van der Waals surface area (Å²) in [6.07, 6.45) is 0.0168. The fraction of sp³-hybridized carbons (Fsp3) is 0.105. The SMILES string of the molecule is C=C1CC(=O)N(c2ccc(C(=O)NCc3ccc(Cl)cc3Cl)cc2)C1=O. The molecule has 1 fully saturated rings. The van der Waals surface area contributed by atoms with Crippen LogP contribution in [0.2, 0.25) is 10.0 Å². The summed E-state index contributed by atoms with van der Waals surface area (Å²) in [4.78, 5) is 37.2. The van der Waals surface area contributed by atoms with Gasteiger partial charge in [0.15, 0.2) is 0 Å². The van der Waals surface area contributed by atoms with Gasteiger partial charge in [0.1, 0.15) is 0 Å². The van der Waals surface area contributed by atoms with Gasteiger partial charge in [-0.1, -0.05) is 35.8 Å². The second kappa shape index (κ2) is 7.32. The van der Waals surface area contributed by atoms with Crippen molar-refractivity contribution in [1.82, 2.24) is 5.32 Å². The number of rotatable bonds is 4. The number of hydrogen-bond donors (Lipinski definition) is 1. The summed E-state index contributed by atoms with van der Waals surface area (Å²) >= 11 is 11.9. The first kappa shape index (κ1) is 18.2. The third-order valence-corrected chi connectivity index (χ3v) is 4.55. The van der Waals surface area contributed by atoms with Gasteiger partial charge < -0.3 is 5.32 Å². The Morgan fingerprint density at radius 2 is 1.81 bits per heavy atom. The molecule has 1 heterocycles. The smallest absolute Gasteiger partial charge is 0.260 e. The van der Waals surface area contributed by atoms with E-state index in [1.165, 1.54) is 0 Å². The summed E-state index contributed by atoms with van der Waals surface area (Å²) in [6, 6.07) is 11.3. The molecule has 3 amide bonds. The molecule has 0 unspecified atom stereocenters. The highest BCUT2D eigenvalue weighted by Crippen LogP contribution is 2.25. The number of imide groups is 1. The Balaban J connectivity index is 1.68. The van der Waals surface area contributed by atoms with Crippen LogP contribution in [0.25, 0.3) is 0 Å². The van der Waals surface area contributed by atoms with Crippen molar-refractivity contribution in [3.63, 3.8) is 0 Å². The van der Waals surface area contributed by atoms with Crippen LogP contribution in [-0.2, 0) is 16.1 Å². The van der Waals surface area contributed by atoms with Crippen molar-refractivity contribution < 1.29 is 14.4 Å². The molecule has 0 spiro atoms. The fourth-order valence-corrected chi connectivity index (χ4v) is 3.05. The monoisotopic (exact) mass is 388 g/mol. The highest BCUT2D eigenvalue weighted by molar-refractivity contribution is 6.35. The van der Waals surface area contributed by atoms with Crippen molar-refractivity contribution in [2.45, 2.75) is 13.0 Å². The Hall–Kier alpha value is -2.63. The van der Waals surface area contributed by atoms with Crippen LogP contribution in [0.4, 0.5) is 5.69 Å². The first-order valence-corrected chi connectivity index (χ1v) is 8.49. The largest absolute Gasteiger partial charge is 0.348 e. The Labute approximate surface area is 160 Å². The van der Waals surface area contributed by atoms with Crippen LogP contribution in [0.1, 0.15) is 22.3 Å². The number of carbonyl (C=O) groups is 3. The van der Waals surface area contributed by atoms with E-state index < -0.39 is 5.91 Å². The number of benzene rings is 2. The minimum absolute atomic E-state index is 0.0168. The number of nitrogens with zero attached hydrogens (tertiary/aromatic N) is 1. The molecule has 2 aromatic carbocycles. The molecule has 0 aliphatic carbocycles. The van der Waals surface area contributed by atoms with Crippen molar-refractivity contribution in [3.05, 3.63) is 75.8 Å². The summed E-state index contributed by atoms with van der Waals surface area (Å²) in [7, 11) is 0. The topological polar surface area (TPSA) is 66.5 Å². The molecule has 132 valence electrons. The molecule has 1 N–H and O–H groups in total. The van der Waals surface area contributed by atoms with Crippen LogP contribution in [0.5, 0.6) is 0 Å². The first-order chi connectivity index (χ1) is 12.4. The number of nitrogens with one attached hydrogen (secondary N) is 1. The number of amides is 3. The minimum atomic E-state index is -0.412. The molecule has 1 aliphatic rings. The van der Waals surface area contributed by atoms with E-state index in [0.29, 0.717) is 21.3 Å². The average molecular weight is 389 g/mol. The molecule has 0 bridgehead atoms. The molecule has 0 radical (unpaired) electrons. The van der Waals surface area contributed by atoms with Gasteiger partial charge in [0.25, 0.3) is 11.8 Å². The second-order valence-corrected chi connectivity index (χ2v) is 6.62. The van der Waals surface area contributed by atoms with Crippen LogP contribution in [0, 0.1) is 0 Å². The third kappa shape index (κ3) is 3.64. The van der Waals surface area contributed by atoms with Gasteiger partial charge in [-0.15, -0.1) is 0 Å². The lowest BCUT2D eigenvalue weighted by Gasteiger charge is -2.14. The Morgan fingerprint density at radius 3 is 2.38 bits per heavy atom. The second-order valence-electron chi connectivity index (χ2n) is 5.78. The maximum Gasteiger partial charge on any atom is 0.260 e. The fourth-order valence-electron chi connectivity index (χ4n) is 2.57. The molecular formula is C19H14Cl2N2O3. The molecule has 5 nitrogen and oxygen atoms in total. The molecule has 1 saturated heterocycles. The lowest BCUT2D eigenvalue weighted by Crippen LogP contribution is -2.29. The predicted octanol–water partition coefficient (Wildman–Crippen LogP) is 3.74. The lowest BCUT2D eigenvalue weighted by atomic mass is 10.1. The van der Waals surface area contributed by atoms with Crippen molar-refractivity contribution in [1.29, 1.82) is 0 Å². The first-order valence-electron chi connectivity index (χ1n) is 7.74. The van der Waals surface area contributed by atoms with E-state index in [4.69, 9.17) is 23.2 Å². The number of carbonyl (C=O) groups excluding carboxylic acids is 3. The zero-order chi connectivity index (χ0) is 18.8. The standard InChI is InChI=1S/C19H14Cl2N2O3/c1-11-8-17(24)23(19(11)26)15-6-3-12(4-7-15)18(25)22-10-13-2-5-14(20)9-16(13)21/h2-7,9H,1,8,10H2,(H,22,25). The van der Waals surface area contributed by atoms with Crippen molar-refractivity contribution in [3.8, 4) is 0 Å². The van der Waals surface area contributed by atoms with Gasteiger partial charge >= 0.3 is 0 Å². The number of anilines is 1. The average Bonchev–Trinajstić information content (AvgIpc) is 2.86. The Morgan fingerprint density at radius 1 is 1.12 bits per heavy atom. The van der Waals surface area contributed by atoms with Crippen LogP contribution >= 0.6 is 23.2 Å². The van der Waals surface area contributed by atoms with E-state index in [-0.39, 0.29) is 30.4 Å². The van der Waals surface area contributed by atoms with Crippen LogP contribution < -0.4 is 10.2 Å². The maximum atomic E-state index is 12.3. The summed E-state index contributed by atoms with van der Waals surface area (Å²) in [5.41, 5.74) is 1.82. The van der Waals surface area contributed by atoms with Gasteiger partial charge in [-0.2, -0.15) is 0 Å². The zero-order valence-corrected chi connectivity index (χ0v) is 15.1. The van der Waals surface area contributed by atoms with Crippen LogP contribution in [0.15, 0.2) is 54.6 Å². The zero-order valence-electron chi connectivity index (χ0n) is 13.6. The summed E-state index contributed by atoms with van der Waals surface area (Å²) in [5, 5.41) is 3.76. The van der Waals surface area contributed by atoms with Gasteiger partial charge in [0.2, 0.25) is 5.91 Å². The van der Waals surface area contributed by atoms with E-state index >= 15 is 0 Å². The van der Waals surface area contributed by atoms with Gasteiger partial charge in [-0.3, -0.25) is 14.4 Å². The Kier molecular flexibility index (Phi) is 5.11. The quantitative estimate of drug-likeness (QED) is 0.640. The predicted molar refractivity (Wildman–Crippen MR) is 100 cm³/mol. The minimum Gasteiger partial charge on any atom is -0.348 e. The number of hydrogen-bond acceptors (Lipinski definition) is 3. The highest BCUT2D eigenvalue weighted by atomic mass is 35.5. The van der Waals surface area contributed by atoms with Crippen LogP contribution in [0.3, 0.4) is 0 Å². The van der Waals surface area contributed by atoms with E-state index in [9.17, 15) is 14.4 Å². The van der Waals surface area contributed by atoms with E-state index in [0.717, 1.165) is 10.5 Å². The molecule has 0 atom stereocenters. The molecule has 3 rings (SSSR count). The normalized spacial score (nSPS) is 14.1. The van der Waals surface area contributed by atoms with Gasteiger partial charge in [-0.25, -0.2) is 4.90 Å². The lowest BCUT2D eigenvalue weighted by molar-refractivity contribution is -0.120. The molecule has 0 aromatic heterocycles. The van der Waals surface area contributed by atoms with Gasteiger partial charge in [-0.05, 0) is 42.0 Å². The van der Waals surface area contributed by atoms with Crippen molar-refractivity contribution >= 4 is 46.6 Å². The van der Waals surface area contributed by atoms with Crippen molar-refractivity contribution in [2.24, 2.45) is 0 Å². The summed E-state index contributed by atoms with van der Waals surface area (Å²) in [6.45, 7) is 3.83. The molecular weight excluding hydrogens is 375 g/mol. The van der Waals surface area contributed by atoms with E-state index in [1.807, 2.05) is 0 Å². The molecule has 0 saturated carbocycles. The Bertz CT molecular complexity index is 923. The maximum absolute atomic E-state index is 12.3. The summed E-state index contributed by atoms with van der Waals surface area (Å²) < 4.78 is 0. The summed E-state index contributed by atoms with van der Waals surface area (Å²) in [5.74, 6) is -1.04. The molecule has 26 heavy (non-hydrogen) atoms.